The van der Waals surface area contributed by atoms with Crippen molar-refractivity contribution in [3.05, 3.63) is 12.2 Å². The molecule has 1 aromatic heterocycles. The van der Waals surface area contributed by atoms with E-state index in [1.165, 1.54) is 6.33 Å². The van der Waals surface area contributed by atoms with Crippen LogP contribution in [0, 0.1) is 0 Å². The first kappa shape index (κ1) is 12.1. The SMILES string of the molecule is CCCn1ncnc1CC(O)CCOC. The second-order valence-corrected chi connectivity index (χ2v) is 3.54. The van der Waals surface area contributed by atoms with Gasteiger partial charge in [-0.15, -0.1) is 0 Å². The lowest BCUT2D eigenvalue weighted by atomic mass is 10.2. The number of rotatable bonds is 7. The molecule has 0 radical (unpaired) electrons. The zero-order chi connectivity index (χ0) is 11.1. The van der Waals surface area contributed by atoms with Crippen molar-refractivity contribution in [3.8, 4) is 0 Å². The second-order valence-electron chi connectivity index (χ2n) is 3.54. The number of aromatic nitrogens is 3. The normalized spacial score (nSPS) is 13.0. The third-order valence-corrected chi connectivity index (χ3v) is 2.20. The lowest BCUT2D eigenvalue weighted by molar-refractivity contribution is 0.108. The molecule has 0 aromatic carbocycles. The van der Waals surface area contributed by atoms with Gasteiger partial charge in [0.15, 0.2) is 0 Å². The number of aliphatic hydroxyl groups is 1. The van der Waals surface area contributed by atoms with Gasteiger partial charge in [0.05, 0.1) is 6.10 Å². The van der Waals surface area contributed by atoms with Gasteiger partial charge in [-0.05, 0) is 12.8 Å². The minimum atomic E-state index is -0.398. The average molecular weight is 213 g/mol. The molecule has 1 N–H and O–H groups in total. The molecule has 0 amide bonds. The van der Waals surface area contributed by atoms with Crippen LogP contribution in [-0.2, 0) is 17.7 Å². The highest BCUT2D eigenvalue weighted by Crippen LogP contribution is 2.03. The topological polar surface area (TPSA) is 60.2 Å². The molecule has 15 heavy (non-hydrogen) atoms. The molecule has 5 heteroatoms. The van der Waals surface area contributed by atoms with Gasteiger partial charge in [-0.25, -0.2) is 4.98 Å². The van der Waals surface area contributed by atoms with E-state index in [1.807, 2.05) is 4.68 Å². The van der Waals surface area contributed by atoms with Gasteiger partial charge in [-0.2, -0.15) is 5.10 Å². The van der Waals surface area contributed by atoms with Crippen LogP contribution >= 0.6 is 0 Å². The zero-order valence-electron chi connectivity index (χ0n) is 9.39. The monoisotopic (exact) mass is 213 g/mol. The smallest absolute Gasteiger partial charge is 0.138 e. The van der Waals surface area contributed by atoms with E-state index in [9.17, 15) is 5.11 Å². The van der Waals surface area contributed by atoms with Crippen LogP contribution in [0.15, 0.2) is 6.33 Å². The Labute approximate surface area is 90.1 Å². The molecule has 1 atom stereocenters. The Morgan fingerprint density at radius 3 is 3.07 bits per heavy atom. The number of hydrogen-bond donors (Lipinski definition) is 1. The van der Waals surface area contributed by atoms with E-state index in [0.717, 1.165) is 18.8 Å². The highest BCUT2D eigenvalue weighted by molar-refractivity contribution is 4.87. The Kier molecular flexibility index (Phi) is 5.28. The van der Waals surface area contributed by atoms with Crippen LogP contribution < -0.4 is 0 Å². The van der Waals surface area contributed by atoms with E-state index in [-0.39, 0.29) is 0 Å². The molecule has 0 aliphatic rings. The summed E-state index contributed by atoms with van der Waals surface area (Å²) in [5.41, 5.74) is 0. The third kappa shape index (κ3) is 3.97. The van der Waals surface area contributed by atoms with Gasteiger partial charge >= 0.3 is 0 Å². The van der Waals surface area contributed by atoms with Crippen molar-refractivity contribution in [1.82, 2.24) is 14.8 Å². The molecular weight excluding hydrogens is 194 g/mol. The maximum absolute atomic E-state index is 9.68. The van der Waals surface area contributed by atoms with Crippen LogP contribution in [0.2, 0.25) is 0 Å². The summed E-state index contributed by atoms with van der Waals surface area (Å²) in [7, 11) is 1.63. The fraction of sp³-hybridized carbons (Fsp3) is 0.800. The predicted octanol–water partition coefficient (Wildman–Crippen LogP) is 0.628. The first-order chi connectivity index (χ1) is 7.27. The van der Waals surface area contributed by atoms with Gasteiger partial charge in [-0.3, -0.25) is 4.68 Å². The van der Waals surface area contributed by atoms with Gasteiger partial charge in [-0.1, -0.05) is 6.92 Å². The van der Waals surface area contributed by atoms with E-state index < -0.39 is 6.10 Å². The number of ether oxygens (including phenoxy) is 1. The Morgan fingerprint density at radius 1 is 1.60 bits per heavy atom. The highest BCUT2D eigenvalue weighted by atomic mass is 16.5. The molecule has 5 nitrogen and oxygen atoms in total. The van der Waals surface area contributed by atoms with Crippen molar-refractivity contribution in [2.24, 2.45) is 0 Å². The van der Waals surface area contributed by atoms with Gasteiger partial charge in [0.2, 0.25) is 0 Å². The summed E-state index contributed by atoms with van der Waals surface area (Å²) in [4.78, 5) is 4.13. The maximum Gasteiger partial charge on any atom is 0.138 e. The van der Waals surface area contributed by atoms with E-state index in [4.69, 9.17) is 4.74 Å². The van der Waals surface area contributed by atoms with E-state index in [0.29, 0.717) is 19.4 Å². The van der Waals surface area contributed by atoms with Crippen molar-refractivity contribution in [1.29, 1.82) is 0 Å². The molecule has 0 aliphatic heterocycles. The summed E-state index contributed by atoms with van der Waals surface area (Å²) >= 11 is 0. The lowest BCUT2D eigenvalue weighted by Crippen LogP contribution is -2.17. The molecule has 1 rings (SSSR count). The molecule has 0 bridgehead atoms. The number of hydrogen-bond acceptors (Lipinski definition) is 4. The summed E-state index contributed by atoms with van der Waals surface area (Å²) in [5.74, 6) is 0.848. The van der Waals surface area contributed by atoms with Crippen molar-refractivity contribution in [2.75, 3.05) is 13.7 Å². The predicted molar refractivity (Wildman–Crippen MR) is 56.5 cm³/mol. The summed E-state index contributed by atoms with van der Waals surface area (Å²) in [6, 6.07) is 0. The molecule has 86 valence electrons. The van der Waals surface area contributed by atoms with Crippen molar-refractivity contribution in [2.45, 2.75) is 38.8 Å². The zero-order valence-corrected chi connectivity index (χ0v) is 9.39. The van der Waals surface area contributed by atoms with Gasteiger partial charge < -0.3 is 9.84 Å². The summed E-state index contributed by atoms with van der Waals surface area (Å²) in [6.45, 7) is 3.52. The maximum atomic E-state index is 9.68. The van der Waals surface area contributed by atoms with E-state index >= 15 is 0 Å². The molecule has 0 aliphatic carbocycles. The number of aryl methyl sites for hydroxylation is 1. The van der Waals surface area contributed by atoms with Crippen LogP contribution in [0.1, 0.15) is 25.6 Å². The van der Waals surface area contributed by atoms with Crippen LogP contribution in [0.5, 0.6) is 0 Å². The molecule has 1 heterocycles. The van der Waals surface area contributed by atoms with Gasteiger partial charge in [0.25, 0.3) is 0 Å². The number of methoxy groups -OCH3 is 1. The van der Waals surface area contributed by atoms with E-state index in [2.05, 4.69) is 17.0 Å². The van der Waals surface area contributed by atoms with Crippen molar-refractivity contribution < 1.29 is 9.84 Å². The van der Waals surface area contributed by atoms with Crippen molar-refractivity contribution in [3.63, 3.8) is 0 Å². The Hall–Kier alpha value is -0.940. The van der Waals surface area contributed by atoms with Gasteiger partial charge in [0.1, 0.15) is 12.2 Å². The molecule has 1 unspecified atom stereocenters. The first-order valence-electron chi connectivity index (χ1n) is 5.31. The lowest BCUT2D eigenvalue weighted by Gasteiger charge is -2.10. The quantitative estimate of drug-likeness (QED) is 0.721. The van der Waals surface area contributed by atoms with E-state index in [1.54, 1.807) is 7.11 Å². The Morgan fingerprint density at radius 2 is 2.40 bits per heavy atom. The summed E-state index contributed by atoms with van der Waals surface area (Å²) in [5, 5.41) is 13.8. The molecule has 0 fully saturated rings. The van der Waals surface area contributed by atoms with Crippen LogP contribution in [0.4, 0.5) is 0 Å². The summed E-state index contributed by atoms with van der Waals surface area (Å²) in [6.07, 6.45) is 3.34. The van der Waals surface area contributed by atoms with Crippen molar-refractivity contribution >= 4 is 0 Å². The van der Waals surface area contributed by atoms with Crippen LogP contribution in [-0.4, -0.2) is 39.7 Å². The second kappa shape index (κ2) is 6.53. The Balaban J connectivity index is 2.44. The minimum absolute atomic E-state index is 0.398. The summed E-state index contributed by atoms with van der Waals surface area (Å²) < 4.78 is 6.75. The number of nitrogens with zero attached hydrogens (tertiary/aromatic N) is 3. The van der Waals surface area contributed by atoms with Crippen LogP contribution in [0.3, 0.4) is 0 Å². The highest BCUT2D eigenvalue weighted by Gasteiger charge is 2.10. The molecule has 1 aromatic rings. The molecular formula is C10H19N3O2. The number of aliphatic hydroxyl groups excluding tert-OH is 1. The Bertz CT molecular complexity index is 275. The molecule has 0 saturated carbocycles. The molecule has 0 saturated heterocycles. The van der Waals surface area contributed by atoms with Gasteiger partial charge in [0, 0.05) is 26.7 Å². The minimum Gasteiger partial charge on any atom is -0.393 e. The standard InChI is InChI=1S/C10H19N3O2/c1-3-5-13-10(11-8-12-13)7-9(14)4-6-15-2/h8-9,14H,3-7H2,1-2H3. The van der Waals surface area contributed by atoms with Crippen LogP contribution in [0.25, 0.3) is 0 Å². The largest absolute Gasteiger partial charge is 0.393 e. The molecule has 0 spiro atoms. The fourth-order valence-corrected chi connectivity index (χ4v) is 1.41. The first-order valence-corrected chi connectivity index (χ1v) is 5.31. The fourth-order valence-electron chi connectivity index (χ4n) is 1.41. The average Bonchev–Trinajstić information content (AvgIpc) is 2.63. The third-order valence-electron chi connectivity index (χ3n) is 2.20.